The summed E-state index contributed by atoms with van der Waals surface area (Å²) < 4.78 is 0. The van der Waals surface area contributed by atoms with Crippen molar-refractivity contribution in [2.24, 2.45) is 11.1 Å². The van der Waals surface area contributed by atoms with Crippen molar-refractivity contribution in [2.75, 3.05) is 6.73 Å². The molecule has 0 aliphatic carbocycles. The molecule has 0 spiro atoms. The van der Waals surface area contributed by atoms with E-state index in [0.29, 0.717) is 0 Å². The van der Waals surface area contributed by atoms with E-state index in [0.717, 1.165) is 0 Å². The largest absolute Gasteiger partial charge is 0.378 e. The summed E-state index contributed by atoms with van der Waals surface area (Å²) in [4.78, 5) is 8.15. The number of hydrogen-bond acceptors (Lipinski definition) is 5. The van der Waals surface area contributed by atoms with Crippen molar-refractivity contribution in [1.29, 1.82) is 0 Å². The zero-order chi connectivity index (χ0) is 5.54. The minimum atomic E-state index is 0.111. The van der Waals surface area contributed by atoms with Gasteiger partial charge in [0, 0.05) is 6.72 Å². The summed E-state index contributed by atoms with van der Waals surface area (Å²) >= 11 is 0. The van der Waals surface area contributed by atoms with E-state index in [1.807, 2.05) is 0 Å². The van der Waals surface area contributed by atoms with Crippen molar-refractivity contribution in [2.45, 2.75) is 0 Å². The van der Waals surface area contributed by atoms with Crippen LogP contribution in [0.25, 0.3) is 0 Å². The Kier molecular flexibility index (Phi) is 4.85. The minimum absolute atomic E-state index is 0.111. The molecule has 0 heterocycles. The fourth-order valence-corrected chi connectivity index (χ4v) is 0.106. The lowest BCUT2D eigenvalue weighted by Gasteiger charge is -1.94. The second kappa shape index (κ2) is 5.35. The second-order valence-corrected chi connectivity index (χ2v) is 0.665. The van der Waals surface area contributed by atoms with E-state index in [9.17, 15) is 0 Å². The molecule has 0 fully saturated rings. The third kappa shape index (κ3) is 5.35. The first-order chi connectivity index (χ1) is 3.41. The van der Waals surface area contributed by atoms with Gasteiger partial charge < -0.3 is 4.84 Å². The molecule has 0 aliphatic heterocycles. The van der Waals surface area contributed by atoms with E-state index >= 15 is 0 Å². The summed E-state index contributed by atoms with van der Waals surface area (Å²) in [5, 5.41) is 3.03. The molecule has 0 bridgehead atoms. The molecule has 0 saturated heterocycles. The standard InChI is InChI=1S/C2H7N3O2/c1-4-6-2-5-7-3/h5H,1-3H2. The molecule has 0 aliphatic rings. The molecule has 0 saturated carbocycles. The third-order valence-electron chi connectivity index (χ3n) is 0.298. The molecule has 3 N–H and O–H groups in total. The first-order valence-electron chi connectivity index (χ1n) is 1.58. The van der Waals surface area contributed by atoms with Gasteiger partial charge in [0.1, 0.15) is 0 Å². The van der Waals surface area contributed by atoms with Crippen molar-refractivity contribution >= 4 is 6.72 Å². The molecule has 5 nitrogen and oxygen atoms in total. The Balaban J connectivity index is 2.56. The van der Waals surface area contributed by atoms with Gasteiger partial charge >= 0.3 is 0 Å². The molecule has 0 unspecified atom stereocenters. The highest BCUT2D eigenvalue weighted by Crippen LogP contribution is 1.63. The highest BCUT2D eigenvalue weighted by molar-refractivity contribution is 5.21. The highest BCUT2D eigenvalue weighted by atomic mass is 16.8. The van der Waals surface area contributed by atoms with Crippen LogP contribution in [0.1, 0.15) is 0 Å². The highest BCUT2D eigenvalue weighted by Gasteiger charge is 1.73. The zero-order valence-electron chi connectivity index (χ0n) is 3.76. The summed E-state index contributed by atoms with van der Waals surface area (Å²) in [6.45, 7) is 3.14. The Labute approximate surface area is 41.0 Å². The van der Waals surface area contributed by atoms with Crippen molar-refractivity contribution in [1.82, 2.24) is 5.48 Å². The zero-order valence-corrected chi connectivity index (χ0v) is 3.76. The smallest absolute Gasteiger partial charge is 0.191 e. The van der Waals surface area contributed by atoms with Crippen LogP contribution in [0.2, 0.25) is 0 Å². The van der Waals surface area contributed by atoms with Gasteiger partial charge in [0.2, 0.25) is 0 Å². The van der Waals surface area contributed by atoms with Gasteiger partial charge in [-0.05, 0) is 0 Å². The van der Waals surface area contributed by atoms with Gasteiger partial charge in [-0.15, -0.1) is 10.6 Å². The van der Waals surface area contributed by atoms with Crippen molar-refractivity contribution in [3.8, 4) is 0 Å². The van der Waals surface area contributed by atoms with Gasteiger partial charge in [0.05, 0.1) is 0 Å². The van der Waals surface area contributed by atoms with Gasteiger partial charge in [0.25, 0.3) is 0 Å². The fourth-order valence-electron chi connectivity index (χ4n) is 0.106. The van der Waals surface area contributed by atoms with E-state index in [-0.39, 0.29) is 6.73 Å². The number of hydrogen-bond donors (Lipinski definition) is 2. The molecule has 0 radical (unpaired) electrons. The summed E-state index contributed by atoms with van der Waals surface area (Å²) in [5.41, 5.74) is 2.17. The van der Waals surface area contributed by atoms with E-state index in [1.54, 1.807) is 0 Å². The first-order valence-corrected chi connectivity index (χ1v) is 1.58. The van der Waals surface area contributed by atoms with E-state index in [2.05, 4.69) is 33.0 Å². The van der Waals surface area contributed by atoms with Crippen LogP contribution in [0.15, 0.2) is 5.16 Å². The molecule has 0 atom stereocenters. The molecule has 0 rings (SSSR count). The van der Waals surface area contributed by atoms with Crippen molar-refractivity contribution in [3.63, 3.8) is 0 Å². The summed E-state index contributed by atoms with van der Waals surface area (Å²) in [5.74, 6) is 4.52. The van der Waals surface area contributed by atoms with Gasteiger partial charge in [-0.2, -0.15) is 5.90 Å². The summed E-state index contributed by atoms with van der Waals surface area (Å²) in [6.07, 6.45) is 0. The van der Waals surface area contributed by atoms with E-state index in [1.165, 1.54) is 0 Å². The number of oxime groups is 1. The van der Waals surface area contributed by atoms with Crippen LogP contribution in [-0.4, -0.2) is 13.4 Å². The van der Waals surface area contributed by atoms with Crippen LogP contribution in [0.5, 0.6) is 0 Å². The Morgan fingerprint density at radius 3 is 3.00 bits per heavy atom. The molecule has 7 heavy (non-hydrogen) atoms. The number of nitrogens with one attached hydrogen (secondary N) is 1. The van der Waals surface area contributed by atoms with Crippen LogP contribution in [0, 0.1) is 0 Å². The SMILES string of the molecule is C=NOCNON. The third-order valence-corrected chi connectivity index (χ3v) is 0.298. The lowest BCUT2D eigenvalue weighted by atomic mass is 11.4. The molecular formula is C2H7N3O2. The monoisotopic (exact) mass is 105 g/mol. The molecular weight excluding hydrogens is 98.0 g/mol. The molecule has 0 aromatic carbocycles. The summed E-state index contributed by atoms with van der Waals surface area (Å²) in [6, 6.07) is 0. The van der Waals surface area contributed by atoms with Gasteiger partial charge in [-0.3, -0.25) is 0 Å². The van der Waals surface area contributed by atoms with Gasteiger partial charge in [0.15, 0.2) is 6.73 Å². The Morgan fingerprint density at radius 1 is 1.86 bits per heavy atom. The molecule has 42 valence electrons. The average Bonchev–Trinajstić information content (AvgIpc) is 1.69. The fraction of sp³-hybridized carbons (Fsp3) is 0.500. The van der Waals surface area contributed by atoms with Crippen molar-refractivity contribution < 1.29 is 9.78 Å². The number of hydroxylamine groups is 1. The van der Waals surface area contributed by atoms with Crippen LogP contribution in [-0.2, 0) is 9.78 Å². The predicted octanol–water partition coefficient (Wildman–Crippen LogP) is -1.03. The molecule has 0 amide bonds. The first kappa shape index (κ1) is 6.35. The maximum Gasteiger partial charge on any atom is 0.191 e. The average molecular weight is 105 g/mol. The minimum Gasteiger partial charge on any atom is -0.378 e. The topological polar surface area (TPSA) is 68.9 Å². The normalized spacial score (nSPS) is 8.14. The number of nitrogens with zero attached hydrogens (tertiary/aromatic N) is 1. The number of nitrogens with two attached hydrogens (primary N) is 1. The van der Waals surface area contributed by atoms with Gasteiger partial charge in [-0.1, -0.05) is 0 Å². The Bertz CT molecular complexity index is 48.2. The molecule has 5 heteroatoms. The van der Waals surface area contributed by atoms with Crippen LogP contribution in [0.3, 0.4) is 0 Å². The second-order valence-electron chi connectivity index (χ2n) is 0.665. The number of rotatable bonds is 4. The molecule has 0 aromatic rings. The van der Waals surface area contributed by atoms with Crippen LogP contribution < -0.4 is 11.4 Å². The summed E-state index contributed by atoms with van der Waals surface area (Å²) in [7, 11) is 0. The van der Waals surface area contributed by atoms with Gasteiger partial charge in [-0.25, -0.2) is 4.94 Å². The Hall–Kier alpha value is -0.650. The maximum absolute atomic E-state index is 4.52. The predicted molar refractivity (Wildman–Crippen MR) is 23.9 cm³/mol. The van der Waals surface area contributed by atoms with E-state index in [4.69, 9.17) is 0 Å². The maximum atomic E-state index is 4.52. The van der Waals surface area contributed by atoms with Crippen LogP contribution >= 0.6 is 0 Å². The van der Waals surface area contributed by atoms with Crippen LogP contribution in [0.4, 0.5) is 0 Å². The van der Waals surface area contributed by atoms with E-state index < -0.39 is 0 Å². The molecule has 0 aromatic heterocycles. The Morgan fingerprint density at radius 2 is 2.57 bits per heavy atom. The lowest BCUT2D eigenvalue weighted by Crippen LogP contribution is -2.20. The lowest BCUT2D eigenvalue weighted by molar-refractivity contribution is -0.0328. The van der Waals surface area contributed by atoms with Crippen molar-refractivity contribution in [3.05, 3.63) is 0 Å². The quantitative estimate of drug-likeness (QED) is 0.207.